The molecule has 2 N–H and O–H groups in total. The van der Waals surface area contributed by atoms with Gasteiger partial charge in [0.1, 0.15) is 0 Å². The Morgan fingerprint density at radius 1 is 1.33 bits per heavy atom. The fraction of sp³-hybridized carbons (Fsp3) is 0.417. The van der Waals surface area contributed by atoms with Gasteiger partial charge in [-0.25, -0.2) is 0 Å². The number of rotatable bonds is 6. The van der Waals surface area contributed by atoms with Crippen LogP contribution >= 0.6 is 0 Å². The largest absolute Gasteiger partial charge is 0.353 e. The summed E-state index contributed by atoms with van der Waals surface area (Å²) in [6.45, 7) is 1.30. The molecule has 2 amide bonds. The summed E-state index contributed by atoms with van der Waals surface area (Å²) < 4.78 is 0. The molecule has 0 saturated carbocycles. The Kier molecular flexibility index (Phi) is 5.79. The lowest BCUT2D eigenvalue weighted by Crippen LogP contribution is -2.39. The number of hydrogen-bond acceptors (Lipinski definition) is 4. The molecule has 0 unspecified atom stereocenters. The lowest BCUT2D eigenvalue weighted by Gasteiger charge is -2.10. The molecule has 98 valence electrons. The third-order valence-corrected chi connectivity index (χ3v) is 2.21. The molecule has 1 heterocycles. The second kappa shape index (κ2) is 7.39. The van der Waals surface area contributed by atoms with Gasteiger partial charge in [0.25, 0.3) is 5.91 Å². The molecule has 0 aliphatic rings. The Labute approximate surface area is 106 Å². The zero-order valence-corrected chi connectivity index (χ0v) is 10.6. The van der Waals surface area contributed by atoms with Crippen LogP contribution in [0, 0.1) is 0 Å². The quantitative estimate of drug-likeness (QED) is 0.713. The number of amides is 2. The van der Waals surface area contributed by atoms with Crippen molar-refractivity contribution in [2.45, 2.75) is 0 Å². The van der Waals surface area contributed by atoms with E-state index in [9.17, 15) is 9.59 Å². The van der Waals surface area contributed by atoms with E-state index in [0.717, 1.165) is 6.54 Å². The Morgan fingerprint density at radius 2 is 2.11 bits per heavy atom. The highest BCUT2D eigenvalue weighted by Gasteiger charge is 2.07. The van der Waals surface area contributed by atoms with Gasteiger partial charge in [-0.1, -0.05) is 0 Å². The average Bonchev–Trinajstić information content (AvgIpc) is 2.36. The first-order valence-electron chi connectivity index (χ1n) is 5.69. The molecule has 1 aromatic rings. The zero-order valence-electron chi connectivity index (χ0n) is 10.6. The van der Waals surface area contributed by atoms with E-state index >= 15 is 0 Å². The molecule has 0 spiro atoms. The fourth-order valence-corrected chi connectivity index (χ4v) is 1.24. The number of aromatic nitrogens is 1. The molecule has 0 aliphatic carbocycles. The van der Waals surface area contributed by atoms with Gasteiger partial charge in [-0.2, -0.15) is 0 Å². The van der Waals surface area contributed by atoms with Crippen LogP contribution in [0.3, 0.4) is 0 Å². The van der Waals surface area contributed by atoms with Crippen molar-refractivity contribution in [2.75, 3.05) is 33.7 Å². The monoisotopic (exact) mass is 250 g/mol. The van der Waals surface area contributed by atoms with Crippen LogP contribution in [0.25, 0.3) is 0 Å². The summed E-state index contributed by atoms with van der Waals surface area (Å²) in [5.74, 6) is -0.500. The van der Waals surface area contributed by atoms with Crippen LogP contribution in [0.15, 0.2) is 24.5 Å². The molecule has 0 atom stereocenters. The van der Waals surface area contributed by atoms with Crippen molar-refractivity contribution in [3.8, 4) is 0 Å². The minimum absolute atomic E-state index is 0.0266. The van der Waals surface area contributed by atoms with Crippen molar-refractivity contribution < 1.29 is 9.59 Å². The maximum absolute atomic E-state index is 11.6. The topological polar surface area (TPSA) is 74.3 Å². The van der Waals surface area contributed by atoms with Gasteiger partial charge >= 0.3 is 0 Å². The molecule has 0 aliphatic heterocycles. The maximum atomic E-state index is 11.6. The lowest BCUT2D eigenvalue weighted by atomic mass is 10.3. The Bertz CT molecular complexity index is 392. The third kappa shape index (κ3) is 5.40. The molecule has 0 saturated heterocycles. The van der Waals surface area contributed by atoms with Gasteiger partial charge in [0.05, 0.1) is 12.1 Å². The second-order valence-electron chi connectivity index (χ2n) is 4.08. The van der Waals surface area contributed by atoms with Crippen molar-refractivity contribution in [1.82, 2.24) is 20.5 Å². The molecular formula is C12H18N4O2. The third-order valence-electron chi connectivity index (χ3n) is 2.21. The predicted molar refractivity (Wildman–Crippen MR) is 68.1 cm³/mol. The number of hydrogen-bond donors (Lipinski definition) is 2. The molecule has 0 radical (unpaired) electrons. The molecule has 0 aromatic carbocycles. The summed E-state index contributed by atoms with van der Waals surface area (Å²) in [5, 5.41) is 5.24. The molecule has 6 nitrogen and oxygen atoms in total. The first-order chi connectivity index (χ1) is 8.59. The Balaban J connectivity index is 2.24. The van der Waals surface area contributed by atoms with Crippen LogP contribution in [-0.4, -0.2) is 55.4 Å². The number of carbonyl (C=O) groups is 2. The first kappa shape index (κ1) is 14.1. The summed E-state index contributed by atoms with van der Waals surface area (Å²) in [6.07, 6.45) is 3.05. The molecule has 1 rings (SSSR count). The van der Waals surface area contributed by atoms with Crippen molar-refractivity contribution in [3.63, 3.8) is 0 Å². The summed E-state index contributed by atoms with van der Waals surface area (Å²) in [6, 6.07) is 3.32. The highest BCUT2D eigenvalue weighted by atomic mass is 16.2. The Morgan fingerprint density at radius 3 is 2.72 bits per heavy atom. The lowest BCUT2D eigenvalue weighted by molar-refractivity contribution is -0.120. The maximum Gasteiger partial charge on any atom is 0.253 e. The number of pyridine rings is 1. The van der Waals surface area contributed by atoms with Crippen molar-refractivity contribution >= 4 is 11.8 Å². The summed E-state index contributed by atoms with van der Waals surface area (Å²) >= 11 is 0. The van der Waals surface area contributed by atoms with Gasteiger partial charge in [0.15, 0.2) is 0 Å². The zero-order chi connectivity index (χ0) is 13.4. The van der Waals surface area contributed by atoms with E-state index in [0.29, 0.717) is 12.1 Å². The van der Waals surface area contributed by atoms with Crippen LogP contribution in [0.2, 0.25) is 0 Å². The van der Waals surface area contributed by atoms with Crippen LogP contribution in [-0.2, 0) is 4.79 Å². The highest BCUT2D eigenvalue weighted by Crippen LogP contribution is 1.94. The summed E-state index contributed by atoms with van der Waals surface area (Å²) in [5.41, 5.74) is 0.443. The van der Waals surface area contributed by atoms with Crippen molar-refractivity contribution in [1.29, 1.82) is 0 Å². The predicted octanol–water partition coefficient (Wildman–Crippen LogP) is -0.511. The minimum atomic E-state index is -0.300. The van der Waals surface area contributed by atoms with E-state index in [1.165, 1.54) is 6.20 Å². The number of nitrogens with zero attached hydrogens (tertiary/aromatic N) is 2. The van der Waals surface area contributed by atoms with E-state index in [-0.39, 0.29) is 18.4 Å². The SMILES string of the molecule is CN(C)CCNC(=O)CNC(=O)c1cccnc1. The van der Waals surface area contributed by atoms with Crippen LogP contribution in [0.4, 0.5) is 0 Å². The molecular weight excluding hydrogens is 232 g/mol. The van der Waals surface area contributed by atoms with Gasteiger partial charge in [-0.3, -0.25) is 14.6 Å². The van der Waals surface area contributed by atoms with E-state index in [4.69, 9.17) is 0 Å². The molecule has 18 heavy (non-hydrogen) atoms. The van der Waals surface area contributed by atoms with Crippen LogP contribution < -0.4 is 10.6 Å². The number of likely N-dealkylation sites (N-methyl/N-ethyl adjacent to an activating group) is 1. The van der Waals surface area contributed by atoms with Gasteiger partial charge in [0, 0.05) is 25.5 Å². The first-order valence-corrected chi connectivity index (χ1v) is 5.69. The average molecular weight is 250 g/mol. The summed E-state index contributed by atoms with van der Waals surface area (Å²) in [7, 11) is 3.85. The summed E-state index contributed by atoms with van der Waals surface area (Å²) in [4.78, 5) is 28.8. The number of nitrogens with one attached hydrogen (secondary N) is 2. The Hall–Kier alpha value is -1.95. The van der Waals surface area contributed by atoms with Crippen LogP contribution in [0.1, 0.15) is 10.4 Å². The fourth-order valence-electron chi connectivity index (χ4n) is 1.24. The minimum Gasteiger partial charge on any atom is -0.353 e. The molecule has 0 bridgehead atoms. The van der Waals surface area contributed by atoms with Gasteiger partial charge in [0.2, 0.25) is 5.91 Å². The van der Waals surface area contributed by atoms with Crippen molar-refractivity contribution in [3.05, 3.63) is 30.1 Å². The smallest absolute Gasteiger partial charge is 0.253 e. The van der Waals surface area contributed by atoms with Crippen LogP contribution in [0.5, 0.6) is 0 Å². The van der Waals surface area contributed by atoms with Gasteiger partial charge < -0.3 is 15.5 Å². The van der Waals surface area contributed by atoms with E-state index < -0.39 is 0 Å². The normalized spacial score (nSPS) is 10.2. The van der Waals surface area contributed by atoms with Gasteiger partial charge in [-0.15, -0.1) is 0 Å². The van der Waals surface area contributed by atoms with Gasteiger partial charge in [-0.05, 0) is 26.2 Å². The second-order valence-corrected chi connectivity index (χ2v) is 4.08. The molecule has 0 fully saturated rings. The van der Waals surface area contributed by atoms with E-state index in [1.807, 2.05) is 19.0 Å². The van der Waals surface area contributed by atoms with E-state index in [2.05, 4.69) is 15.6 Å². The van der Waals surface area contributed by atoms with E-state index in [1.54, 1.807) is 18.3 Å². The molecule has 6 heteroatoms. The molecule has 1 aromatic heterocycles. The van der Waals surface area contributed by atoms with Crippen molar-refractivity contribution in [2.24, 2.45) is 0 Å². The standard InChI is InChI=1S/C12H18N4O2/c1-16(2)7-6-14-11(17)9-15-12(18)10-4-3-5-13-8-10/h3-5,8H,6-7,9H2,1-2H3,(H,14,17)(H,15,18). The number of carbonyl (C=O) groups excluding carboxylic acids is 2. The highest BCUT2D eigenvalue weighted by molar-refractivity contribution is 5.96.